The summed E-state index contributed by atoms with van der Waals surface area (Å²) in [5, 5.41) is 9.20. The Kier molecular flexibility index (Phi) is 9.38. The van der Waals surface area contributed by atoms with Crippen LogP contribution in [-0.4, -0.2) is 96.3 Å². The van der Waals surface area contributed by atoms with Gasteiger partial charge in [0.15, 0.2) is 0 Å². The maximum atomic E-state index is 14.6. The minimum Gasteiger partial charge on any atom is -0.396 e. The van der Waals surface area contributed by atoms with Crippen molar-refractivity contribution in [3.63, 3.8) is 0 Å². The topological polar surface area (TPSA) is 93.6 Å². The average molecular weight is 579 g/mol. The summed E-state index contributed by atoms with van der Waals surface area (Å²) in [5.74, 6) is -1.85. The van der Waals surface area contributed by atoms with E-state index in [1.165, 1.54) is 0 Å². The molecule has 1 unspecified atom stereocenters. The summed E-state index contributed by atoms with van der Waals surface area (Å²) < 4.78 is 6.75. The predicted octanol–water partition coefficient (Wildman–Crippen LogP) is 3.38. The SMILES string of the molecule is CCCN1CC=C[C@H]2O[C@]34C=CCN(c5ccc(N(CC)CC)cc5)C(=O)C3N(CCCCCCO)C(=O)[C@@H]4[C@H]2C1=O. The number of anilines is 2. The monoisotopic (exact) mass is 578 g/mol. The summed E-state index contributed by atoms with van der Waals surface area (Å²) in [4.78, 5) is 50.3. The highest BCUT2D eigenvalue weighted by Gasteiger charge is 2.71. The number of nitrogens with zero attached hydrogens (tertiary/aromatic N) is 4. The van der Waals surface area contributed by atoms with Gasteiger partial charge in [-0.3, -0.25) is 14.4 Å². The highest BCUT2D eigenvalue weighted by molar-refractivity contribution is 6.05. The summed E-state index contributed by atoms with van der Waals surface area (Å²) in [7, 11) is 0. The zero-order valence-corrected chi connectivity index (χ0v) is 25.3. The molecule has 0 radical (unpaired) electrons. The number of benzene rings is 1. The first-order valence-electron chi connectivity index (χ1n) is 15.8. The van der Waals surface area contributed by atoms with Gasteiger partial charge in [0.25, 0.3) is 5.91 Å². The molecule has 1 spiro atoms. The number of fused-ring (bicyclic) bond motifs is 2. The van der Waals surface area contributed by atoms with Crippen LogP contribution in [0.5, 0.6) is 0 Å². The van der Waals surface area contributed by atoms with E-state index in [4.69, 9.17) is 4.74 Å². The molecule has 4 aliphatic heterocycles. The molecule has 2 saturated heterocycles. The molecule has 0 bridgehead atoms. The number of carbonyl (C=O) groups is 3. The number of ether oxygens (including phenoxy) is 1. The number of hydrogen-bond donors (Lipinski definition) is 1. The molecule has 1 aromatic carbocycles. The standard InChI is InChI=1S/C33H46N4O5/c1-4-19-35-20-11-13-26-27(30(35)39)28-31(40)37(21-9-7-8-10-23-38)29-32(41)36(22-12-18-33(28,29)42-26)25-16-14-24(15-17-25)34(5-2)6-3/h11-18,26-29,38H,4-10,19-23H2,1-3H3/t26-,27+,28+,29?,33+/m1/s1. The van der Waals surface area contributed by atoms with Gasteiger partial charge in [0, 0.05) is 57.3 Å². The number of aliphatic hydroxyl groups is 1. The Morgan fingerprint density at radius 1 is 0.905 bits per heavy atom. The highest BCUT2D eigenvalue weighted by Crippen LogP contribution is 2.53. The molecule has 42 heavy (non-hydrogen) atoms. The molecule has 9 nitrogen and oxygen atoms in total. The van der Waals surface area contributed by atoms with Crippen LogP contribution >= 0.6 is 0 Å². The summed E-state index contributed by atoms with van der Waals surface area (Å²) in [6.07, 6.45) is 11.1. The molecule has 1 aromatic rings. The number of carbonyl (C=O) groups excluding carboxylic acids is 3. The normalized spacial score (nSPS) is 28.6. The van der Waals surface area contributed by atoms with Crippen molar-refractivity contribution in [3.8, 4) is 0 Å². The second-order valence-corrected chi connectivity index (χ2v) is 11.8. The van der Waals surface area contributed by atoms with Crippen molar-refractivity contribution < 1.29 is 24.2 Å². The lowest BCUT2D eigenvalue weighted by molar-refractivity contribution is -0.144. The van der Waals surface area contributed by atoms with Crippen molar-refractivity contribution in [2.24, 2.45) is 11.8 Å². The van der Waals surface area contributed by atoms with Crippen LogP contribution in [0.4, 0.5) is 11.4 Å². The van der Waals surface area contributed by atoms with E-state index in [9.17, 15) is 19.5 Å². The van der Waals surface area contributed by atoms with E-state index in [2.05, 4.69) is 18.7 Å². The van der Waals surface area contributed by atoms with E-state index in [1.807, 2.05) is 60.4 Å². The van der Waals surface area contributed by atoms with Gasteiger partial charge in [0.05, 0.1) is 17.9 Å². The van der Waals surface area contributed by atoms with Crippen molar-refractivity contribution in [1.82, 2.24) is 9.80 Å². The Morgan fingerprint density at radius 2 is 1.64 bits per heavy atom. The van der Waals surface area contributed by atoms with Crippen LogP contribution in [0.25, 0.3) is 0 Å². The molecule has 3 amide bonds. The maximum Gasteiger partial charge on any atom is 0.253 e. The van der Waals surface area contributed by atoms with Crippen LogP contribution in [0.1, 0.15) is 52.9 Å². The Labute approximate surface area is 249 Å². The van der Waals surface area contributed by atoms with Gasteiger partial charge in [-0.2, -0.15) is 0 Å². The third-order valence-corrected chi connectivity index (χ3v) is 9.33. The predicted molar refractivity (Wildman–Crippen MR) is 163 cm³/mol. The molecule has 5 rings (SSSR count). The van der Waals surface area contributed by atoms with Crippen molar-refractivity contribution in [1.29, 1.82) is 0 Å². The van der Waals surface area contributed by atoms with E-state index >= 15 is 0 Å². The molecule has 4 aliphatic rings. The lowest BCUT2D eigenvalue weighted by Gasteiger charge is -2.35. The summed E-state index contributed by atoms with van der Waals surface area (Å²) in [6, 6.07) is 7.16. The van der Waals surface area contributed by atoms with Gasteiger partial charge in [-0.1, -0.05) is 44.1 Å². The third kappa shape index (κ3) is 5.26. The first kappa shape index (κ1) is 30.3. The van der Waals surface area contributed by atoms with Crippen molar-refractivity contribution in [2.45, 2.75) is 70.6 Å². The maximum absolute atomic E-state index is 14.6. The molecular weight excluding hydrogens is 532 g/mol. The van der Waals surface area contributed by atoms with Crippen LogP contribution in [-0.2, 0) is 19.1 Å². The number of rotatable bonds is 12. The van der Waals surface area contributed by atoms with Crippen LogP contribution in [0.2, 0.25) is 0 Å². The number of unbranched alkanes of at least 4 members (excludes halogenated alkanes) is 3. The van der Waals surface area contributed by atoms with Crippen LogP contribution in [0.15, 0.2) is 48.6 Å². The van der Waals surface area contributed by atoms with Crippen molar-refractivity contribution in [3.05, 3.63) is 48.6 Å². The van der Waals surface area contributed by atoms with E-state index in [0.29, 0.717) is 39.0 Å². The molecule has 0 aliphatic carbocycles. The van der Waals surface area contributed by atoms with Crippen LogP contribution in [0.3, 0.4) is 0 Å². The molecule has 228 valence electrons. The second kappa shape index (κ2) is 13.0. The summed E-state index contributed by atoms with van der Waals surface area (Å²) in [5.41, 5.74) is 0.660. The Balaban J connectivity index is 1.50. The number of likely N-dealkylation sites (tertiary alicyclic amines) is 1. The quantitative estimate of drug-likeness (QED) is 0.302. The fourth-order valence-electron chi connectivity index (χ4n) is 7.31. The fraction of sp³-hybridized carbons (Fsp3) is 0.606. The van der Waals surface area contributed by atoms with Gasteiger partial charge < -0.3 is 29.4 Å². The minimum absolute atomic E-state index is 0.0698. The summed E-state index contributed by atoms with van der Waals surface area (Å²) in [6.45, 7) is 10.1. The van der Waals surface area contributed by atoms with Gasteiger partial charge in [-0.15, -0.1) is 0 Å². The zero-order valence-electron chi connectivity index (χ0n) is 25.3. The van der Waals surface area contributed by atoms with E-state index in [0.717, 1.165) is 43.7 Å². The minimum atomic E-state index is -1.21. The van der Waals surface area contributed by atoms with E-state index in [1.54, 1.807) is 9.80 Å². The molecule has 9 heteroatoms. The number of amides is 3. The van der Waals surface area contributed by atoms with Crippen LogP contribution < -0.4 is 9.80 Å². The van der Waals surface area contributed by atoms with Gasteiger partial charge in [-0.05, 0) is 57.4 Å². The Bertz CT molecular complexity index is 1200. The smallest absolute Gasteiger partial charge is 0.253 e. The van der Waals surface area contributed by atoms with Gasteiger partial charge >= 0.3 is 0 Å². The van der Waals surface area contributed by atoms with Crippen LogP contribution in [0, 0.1) is 11.8 Å². The second-order valence-electron chi connectivity index (χ2n) is 11.8. The van der Waals surface area contributed by atoms with E-state index < -0.39 is 29.6 Å². The first-order valence-corrected chi connectivity index (χ1v) is 15.8. The number of hydrogen-bond acceptors (Lipinski definition) is 6. The highest BCUT2D eigenvalue weighted by atomic mass is 16.5. The molecule has 2 fully saturated rings. The third-order valence-electron chi connectivity index (χ3n) is 9.33. The number of aliphatic hydroxyl groups excluding tert-OH is 1. The van der Waals surface area contributed by atoms with E-state index in [-0.39, 0.29) is 24.3 Å². The lowest BCUT2D eigenvalue weighted by Crippen LogP contribution is -2.55. The fourth-order valence-corrected chi connectivity index (χ4v) is 7.31. The lowest BCUT2D eigenvalue weighted by atomic mass is 9.77. The molecule has 0 saturated carbocycles. The van der Waals surface area contributed by atoms with Crippen molar-refractivity contribution >= 4 is 29.1 Å². The molecule has 0 aromatic heterocycles. The Morgan fingerprint density at radius 3 is 2.33 bits per heavy atom. The van der Waals surface area contributed by atoms with Crippen molar-refractivity contribution in [2.75, 3.05) is 55.7 Å². The largest absolute Gasteiger partial charge is 0.396 e. The Hall–Kier alpha value is -3.17. The van der Waals surface area contributed by atoms with Gasteiger partial charge in [-0.25, -0.2) is 0 Å². The van der Waals surface area contributed by atoms with Gasteiger partial charge in [0.1, 0.15) is 11.6 Å². The average Bonchev–Trinajstić information content (AvgIpc) is 3.31. The zero-order chi connectivity index (χ0) is 29.9. The first-order chi connectivity index (χ1) is 20.4. The molecule has 1 N–H and O–H groups in total. The van der Waals surface area contributed by atoms with Gasteiger partial charge in [0.2, 0.25) is 11.8 Å². The molecular formula is C33H46N4O5. The molecule has 5 atom stereocenters. The summed E-state index contributed by atoms with van der Waals surface area (Å²) >= 11 is 0. The molecule has 4 heterocycles.